The fraction of sp³-hybridized carbons (Fsp3) is 0.773. The van der Waals surface area contributed by atoms with Crippen molar-refractivity contribution in [1.29, 1.82) is 0 Å². The number of likely N-dealkylation sites (tertiary alicyclic amines) is 1. The van der Waals surface area contributed by atoms with Crippen molar-refractivity contribution >= 4 is 17.7 Å². The van der Waals surface area contributed by atoms with E-state index in [9.17, 15) is 14.4 Å². The minimum atomic E-state index is -0.991. The molecular weight excluding hydrogens is 370 g/mol. The topological polar surface area (TPSA) is 87.7 Å². The van der Waals surface area contributed by atoms with Gasteiger partial charge < -0.3 is 20.3 Å². The molecular formula is C22H29N3O4. The lowest BCUT2D eigenvalue weighted by Crippen LogP contribution is -2.57. The average Bonchev–Trinajstić information content (AvgIpc) is 3.63. The normalized spacial score (nSPS) is 41.0. The molecule has 6 aliphatic rings. The molecule has 2 saturated heterocycles. The maximum atomic E-state index is 13.5. The molecule has 0 aromatic carbocycles. The van der Waals surface area contributed by atoms with Gasteiger partial charge in [0.1, 0.15) is 11.6 Å². The Balaban J connectivity index is 1.31. The van der Waals surface area contributed by atoms with Gasteiger partial charge in [-0.2, -0.15) is 0 Å². The molecule has 0 unspecified atom stereocenters. The number of amides is 3. The molecule has 29 heavy (non-hydrogen) atoms. The van der Waals surface area contributed by atoms with Crippen molar-refractivity contribution in [2.75, 3.05) is 0 Å². The molecule has 0 aromatic rings. The van der Waals surface area contributed by atoms with Gasteiger partial charge in [0.15, 0.2) is 0 Å². The zero-order chi connectivity index (χ0) is 19.8. The monoisotopic (exact) mass is 399 g/mol. The molecule has 7 nitrogen and oxygen atoms in total. The highest BCUT2D eigenvalue weighted by Gasteiger charge is 2.74. The van der Waals surface area contributed by atoms with Crippen LogP contribution in [0.15, 0.2) is 12.2 Å². The number of hydrogen-bond acceptors (Lipinski definition) is 4. The van der Waals surface area contributed by atoms with Gasteiger partial charge in [0, 0.05) is 18.1 Å². The van der Waals surface area contributed by atoms with E-state index < -0.39 is 29.6 Å². The number of ether oxygens (including phenoxy) is 1. The second kappa shape index (κ2) is 6.30. The van der Waals surface area contributed by atoms with Gasteiger partial charge in [-0.05, 0) is 38.5 Å². The van der Waals surface area contributed by atoms with Crippen LogP contribution in [0.4, 0.5) is 0 Å². The first-order valence-corrected chi connectivity index (χ1v) is 11.4. The molecule has 1 spiro atoms. The Labute approximate surface area is 170 Å². The van der Waals surface area contributed by atoms with Crippen LogP contribution in [0, 0.1) is 11.8 Å². The van der Waals surface area contributed by atoms with Gasteiger partial charge in [-0.15, -0.1) is 0 Å². The maximum absolute atomic E-state index is 13.5. The molecule has 0 aromatic heterocycles. The third kappa shape index (κ3) is 2.69. The van der Waals surface area contributed by atoms with Gasteiger partial charge >= 0.3 is 0 Å². The standard InChI is InChI=1S/C22H29N3O4/c26-19(23-13-6-7-13)16-15-10-11-22(29-15)17(16)21(28)25(14-8-9-14)18(22)20(27)24-12-4-2-1-3-5-12/h10-18H,1-9H2,(H,23,26)(H,24,27)/t15-,16-,17-,18-,22-/m1/s1. The third-order valence-corrected chi connectivity index (χ3v) is 7.68. The second-order valence-corrected chi connectivity index (χ2v) is 9.80. The molecule has 3 amide bonds. The Morgan fingerprint density at radius 2 is 1.66 bits per heavy atom. The van der Waals surface area contributed by atoms with Crippen molar-refractivity contribution < 1.29 is 19.1 Å². The van der Waals surface area contributed by atoms with Crippen molar-refractivity contribution in [2.45, 2.75) is 93.7 Å². The summed E-state index contributed by atoms with van der Waals surface area (Å²) in [5.41, 5.74) is -0.991. The highest BCUT2D eigenvalue weighted by atomic mass is 16.5. The van der Waals surface area contributed by atoms with E-state index in [0.29, 0.717) is 0 Å². The first kappa shape index (κ1) is 17.9. The van der Waals surface area contributed by atoms with E-state index in [4.69, 9.17) is 4.74 Å². The number of rotatable bonds is 5. The summed E-state index contributed by atoms with van der Waals surface area (Å²) in [4.78, 5) is 41.7. The van der Waals surface area contributed by atoms with Gasteiger partial charge in [0.2, 0.25) is 17.7 Å². The van der Waals surface area contributed by atoms with Crippen molar-refractivity contribution in [3.8, 4) is 0 Å². The zero-order valence-electron chi connectivity index (χ0n) is 16.6. The number of carbonyl (C=O) groups excluding carboxylic acids is 3. The lowest BCUT2D eigenvalue weighted by atomic mass is 9.74. The molecule has 3 saturated carbocycles. The number of nitrogens with zero attached hydrogens (tertiary/aromatic N) is 1. The SMILES string of the molecule is O=C(NC1CC1)[C@@H]1[C@H]2C=C[C@@]3(O2)[C@H]1C(=O)N(C1CC1)[C@@H]3C(=O)NC1CCCCC1. The Bertz CT molecular complexity index is 783. The van der Waals surface area contributed by atoms with Gasteiger partial charge in [0.25, 0.3) is 0 Å². The molecule has 0 radical (unpaired) electrons. The molecule has 6 rings (SSSR count). The number of hydrogen-bond donors (Lipinski definition) is 2. The van der Waals surface area contributed by atoms with Crippen LogP contribution >= 0.6 is 0 Å². The van der Waals surface area contributed by atoms with Crippen LogP contribution in [-0.2, 0) is 19.1 Å². The lowest BCUT2D eigenvalue weighted by molar-refractivity contribution is -0.142. The van der Waals surface area contributed by atoms with Crippen molar-refractivity contribution in [3.05, 3.63) is 12.2 Å². The first-order valence-electron chi connectivity index (χ1n) is 11.4. The molecule has 3 aliphatic heterocycles. The Hall–Kier alpha value is -1.89. The van der Waals surface area contributed by atoms with Crippen LogP contribution in [0.3, 0.4) is 0 Å². The fourth-order valence-corrected chi connectivity index (χ4v) is 6.00. The second-order valence-electron chi connectivity index (χ2n) is 9.80. The zero-order valence-corrected chi connectivity index (χ0v) is 16.6. The average molecular weight is 399 g/mol. The van der Waals surface area contributed by atoms with Crippen molar-refractivity contribution in [3.63, 3.8) is 0 Å². The predicted molar refractivity (Wildman–Crippen MR) is 104 cm³/mol. The Kier molecular flexibility index (Phi) is 3.90. The third-order valence-electron chi connectivity index (χ3n) is 7.68. The maximum Gasteiger partial charge on any atom is 0.246 e. The summed E-state index contributed by atoms with van der Waals surface area (Å²) >= 11 is 0. The van der Waals surface area contributed by atoms with E-state index in [-0.39, 0.29) is 35.8 Å². The molecule has 5 fully saturated rings. The van der Waals surface area contributed by atoms with E-state index in [1.807, 2.05) is 12.2 Å². The van der Waals surface area contributed by atoms with Crippen LogP contribution in [0.25, 0.3) is 0 Å². The van der Waals surface area contributed by atoms with Gasteiger partial charge in [-0.25, -0.2) is 0 Å². The summed E-state index contributed by atoms with van der Waals surface area (Å²) in [6.07, 6.45) is 12.8. The summed E-state index contributed by atoms with van der Waals surface area (Å²) < 4.78 is 6.33. The lowest BCUT2D eigenvalue weighted by Gasteiger charge is -2.34. The van der Waals surface area contributed by atoms with Gasteiger partial charge in [0.05, 0.1) is 17.9 Å². The molecule has 5 atom stereocenters. The summed E-state index contributed by atoms with van der Waals surface area (Å²) in [5.74, 6) is -1.38. The first-order chi connectivity index (χ1) is 14.1. The van der Waals surface area contributed by atoms with Crippen LogP contribution in [-0.4, -0.2) is 58.5 Å². The number of fused-ring (bicyclic) bond motifs is 1. The fourth-order valence-electron chi connectivity index (χ4n) is 6.00. The van der Waals surface area contributed by atoms with E-state index >= 15 is 0 Å². The molecule has 3 heterocycles. The Morgan fingerprint density at radius 3 is 2.34 bits per heavy atom. The van der Waals surface area contributed by atoms with Crippen LogP contribution < -0.4 is 10.6 Å². The minimum Gasteiger partial charge on any atom is -0.359 e. The molecule has 7 heteroatoms. The van der Waals surface area contributed by atoms with Gasteiger partial charge in [-0.3, -0.25) is 14.4 Å². The van der Waals surface area contributed by atoms with E-state index in [1.165, 1.54) is 6.42 Å². The van der Waals surface area contributed by atoms with Crippen molar-refractivity contribution in [1.82, 2.24) is 15.5 Å². The van der Waals surface area contributed by atoms with Crippen LogP contribution in [0.5, 0.6) is 0 Å². The number of nitrogens with one attached hydrogen (secondary N) is 2. The summed E-state index contributed by atoms with van der Waals surface area (Å²) in [5, 5.41) is 6.28. The van der Waals surface area contributed by atoms with E-state index in [0.717, 1.165) is 51.4 Å². The van der Waals surface area contributed by atoms with E-state index in [2.05, 4.69) is 10.6 Å². The molecule has 156 valence electrons. The van der Waals surface area contributed by atoms with E-state index in [1.54, 1.807) is 4.90 Å². The highest BCUT2D eigenvalue weighted by Crippen LogP contribution is 2.57. The molecule has 3 aliphatic carbocycles. The molecule has 2 bridgehead atoms. The minimum absolute atomic E-state index is 0.0703. The van der Waals surface area contributed by atoms with Crippen LogP contribution in [0.1, 0.15) is 57.8 Å². The molecule has 2 N–H and O–H groups in total. The largest absolute Gasteiger partial charge is 0.359 e. The summed E-state index contributed by atoms with van der Waals surface area (Å²) in [7, 11) is 0. The van der Waals surface area contributed by atoms with Crippen molar-refractivity contribution in [2.24, 2.45) is 11.8 Å². The smallest absolute Gasteiger partial charge is 0.246 e. The van der Waals surface area contributed by atoms with Gasteiger partial charge in [-0.1, -0.05) is 31.4 Å². The Morgan fingerprint density at radius 1 is 0.966 bits per heavy atom. The summed E-state index contributed by atoms with van der Waals surface area (Å²) in [6, 6.07) is -0.135. The summed E-state index contributed by atoms with van der Waals surface area (Å²) in [6.45, 7) is 0. The quantitative estimate of drug-likeness (QED) is 0.676. The van der Waals surface area contributed by atoms with Crippen LogP contribution in [0.2, 0.25) is 0 Å². The number of carbonyl (C=O) groups is 3. The highest BCUT2D eigenvalue weighted by molar-refractivity contribution is 6.00. The predicted octanol–water partition coefficient (Wildman–Crippen LogP) is 1.03.